The van der Waals surface area contributed by atoms with Crippen LogP contribution in [-0.2, 0) is 4.79 Å². The van der Waals surface area contributed by atoms with Gasteiger partial charge in [0.05, 0.1) is 6.54 Å². The minimum atomic E-state index is 0.0404. The highest BCUT2D eigenvalue weighted by atomic mass is 79.9. The molecule has 0 spiro atoms. The molecule has 0 unspecified atom stereocenters. The highest BCUT2D eigenvalue weighted by Crippen LogP contribution is 2.15. The number of amides is 1. The lowest BCUT2D eigenvalue weighted by molar-refractivity contribution is -0.120. The number of anilines is 1. The van der Waals surface area contributed by atoms with Crippen LogP contribution in [0.4, 0.5) is 5.69 Å². The van der Waals surface area contributed by atoms with Crippen molar-refractivity contribution < 1.29 is 4.79 Å². The van der Waals surface area contributed by atoms with E-state index in [1.165, 1.54) is 0 Å². The van der Waals surface area contributed by atoms with E-state index in [4.69, 9.17) is 0 Å². The maximum atomic E-state index is 11.6. The van der Waals surface area contributed by atoms with E-state index in [1.54, 1.807) is 0 Å². The van der Waals surface area contributed by atoms with Crippen LogP contribution in [0, 0.1) is 0 Å². The first-order valence-corrected chi connectivity index (χ1v) is 6.73. The molecule has 1 aromatic rings. The van der Waals surface area contributed by atoms with Gasteiger partial charge in [-0.2, -0.15) is 0 Å². The molecule has 0 aliphatic rings. The van der Waals surface area contributed by atoms with Crippen LogP contribution in [0.15, 0.2) is 28.7 Å². The molecule has 1 rings (SSSR count). The fourth-order valence-corrected chi connectivity index (χ4v) is 1.95. The van der Waals surface area contributed by atoms with Crippen molar-refractivity contribution in [2.24, 2.45) is 0 Å². The van der Waals surface area contributed by atoms with Gasteiger partial charge in [0.2, 0.25) is 5.91 Å². The van der Waals surface area contributed by atoms with E-state index < -0.39 is 0 Å². The fourth-order valence-electron chi connectivity index (χ4n) is 1.55. The Morgan fingerprint density at radius 1 is 1.35 bits per heavy atom. The van der Waals surface area contributed by atoms with Crippen LogP contribution in [0.2, 0.25) is 0 Å². The lowest BCUT2D eigenvalue weighted by atomic mass is 10.2. The first-order chi connectivity index (χ1) is 8.15. The van der Waals surface area contributed by atoms with E-state index in [9.17, 15) is 4.79 Å². The summed E-state index contributed by atoms with van der Waals surface area (Å²) in [6.07, 6.45) is 1.94. The van der Waals surface area contributed by atoms with Gasteiger partial charge in [-0.15, -0.1) is 0 Å². The number of carbonyl (C=O) groups excluding carboxylic acids is 1. The molecular weight excluding hydrogens is 280 g/mol. The lowest BCUT2D eigenvalue weighted by Gasteiger charge is -2.15. The zero-order chi connectivity index (χ0) is 12.7. The van der Waals surface area contributed by atoms with Crippen molar-refractivity contribution in [1.82, 2.24) is 5.32 Å². The molecule has 0 aliphatic heterocycles. The molecule has 17 heavy (non-hydrogen) atoms. The molecule has 0 bridgehead atoms. The van der Waals surface area contributed by atoms with Crippen LogP contribution in [0.25, 0.3) is 0 Å². The summed E-state index contributed by atoms with van der Waals surface area (Å²) in [5, 5.41) is 6.08. The lowest BCUT2D eigenvalue weighted by Crippen LogP contribution is -2.37. The highest BCUT2D eigenvalue weighted by molar-refractivity contribution is 9.10. The smallest absolute Gasteiger partial charge is 0.239 e. The second kappa shape index (κ2) is 7.33. The van der Waals surface area contributed by atoms with E-state index >= 15 is 0 Å². The van der Waals surface area contributed by atoms with Crippen molar-refractivity contribution >= 4 is 27.5 Å². The van der Waals surface area contributed by atoms with E-state index in [1.807, 2.05) is 24.3 Å². The molecule has 4 heteroatoms. The predicted molar refractivity (Wildman–Crippen MR) is 75.1 cm³/mol. The molecule has 0 saturated heterocycles. The molecule has 2 N–H and O–H groups in total. The third-order valence-electron chi connectivity index (χ3n) is 2.63. The first-order valence-electron chi connectivity index (χ1n) is 5.94. The Morgan fingerprint density at radius 3 is 2.65 bits per heavy atom. The molecule has 0 fully saturated rings. The quantitative estimate of drug-likeness (QED) is 0.847. The summed E-state index contributed by atoms with van der Waals surface area (Å²) in [7, 11) is 0. The van der Waals surface area contributed by atoms with Gasteiger partial charge in [-0.3, -0.25) is 4.79 Å². The number of carbonyl (C=O) groups is 1. The molecular formula is C13H19BrN2O. The molecule has 1 aromatic carbocycles. The van der Waals surface area contributed by atoms with Gasteiger partial charge < -0.3 is 10.6 Å². The van der Waals surface area contributed by atoms with Gasteiger partial charge >= 0.3 is 0 Å². The Balaban J connectivity index is 2.38. The summed E-state index contributed by atoms with van der Waals surface area (Å²) in [5.41, 5.74) is 0.944. The number of rotatable bonds is 6. The second-order valence-electron chi connectivity index (χ2n) is 3.94. The minimum absolute atomic E-state index is 0.0404. The van der Waals surface area contributed by atoms with E-state index in [-0.39, 0.29) is 11.9 Å². The Labute approximate surface area is 111 Å². The van der Waals surface area contributed by atoms with Crippen molar-refractivity contribution in [3.05, 3.63) is 28.7 Å². The summed E-state index contributed by atoms with van der Waals surface area (Å²) < 4.78 is 1.00. The van der Waals surface area contributed by atoms with Crippen LogP contribution in [0.3, 0.4) is 0 Å². The largest absolute Gasteiger partial charge is 0.376 e. The number of nitrogens with one attached hydrogen (secondary N) is 2. The SMILES string of the molecule is CCC(CC)NC(=O)CNc1cccc(Br)c1. The molecule has 0 heterocycles. The normalized spacial score (nSPS) is 10.4. The highest BCUT2D eigenvalue weighted by Gasteiger charge is 2.07. The van der Waals surface area contributed by atoms with Gasteiger partial charge in [0.25, 0.3) is 0 Å². The van der Waals surface area contributed by atoms with Gasteiger partial charge in [0, 0.05) is 16.2 Å². The molecule has 3 nitrogen and oxygen atoms in total. The maximum absolute atomic E-state index is 11.6. The van der Waals surface area contributed by atoms with Crippen LogP contribution < -0.4 is 10.6 Å². The van der Waals surface area contributed by atoms with Gasteiger partial charge in [-0.1, -0.05) is 35.8 Å². The molecule has 1 amide bonds. The molecule has 94 valence electrons. The van der Waals surface area contributed by atoms with E-state index in [0.29, 0.717) is 6.54 Å². The first kappa shape index (κ1) is 14.0. The monoisotopic (exact) mass is 298 g/mol. The summed E-state index contributed by atoms with van der Waals surface area (Å²) >= 11 is 3.39. The van der Waals surface area contributed by atoms with E-state index in [2.05, 4.69) is 40.4 Å². The molecule has 0 atom stereocenters. The number of hydrogen-bond acceptors (Lipinski definition) is 2. The van der Waals surface area contributed by atoms with Crippen LogP contribution >= 0.6 is 15.9 Å². The number of halogens is 1. The van der Waals surface area contributed by atoms with Crippen molar-refractivity contribution in [2.45, 2.75) is 32.7 Å². The average molecular weight is 299 g/mol. The summed E-state index contributed by atoms with van der Waals surface area (Å²) in [6.45, 7) is 4.47. The van der Waals surface area contributed by atoms with Crippen molar-refractivity contribution in [2.75, 3.05) is 11.9 Å². The van der Waals surface area contributed by atoms with Gasteiger partial charge in [-0.25, -0.2) is 0 Å². The van der Waals surface area contributed by atoms with Gasteiger partial charge in [0.1, 0.15) is 0 Å². The van der Waals surface area contributed by atoms with Crippen molar-refractivity contribution in [1.29, 1.82) is 0 Å². The topological polar surface area (TPSA) is 41.1 Å². The van der Waals surface area contributed by atoms with Crippen molar-refractivity contribution in [3.63, 3.8) is 0 Å². The Bertz CT molecular complexity index is 364. The zero-order valence-corrected chi connectivity index (χ0v) is 11.9. The van der Waals surface area contributed by atoms with Crippen LogP contribution in [0.5, 0.6) is 0 Å². The second-order valence-corrected chi connectivity index (χ2v) is 4.86. The molecule has 0 radical (unpaired) electrons. The Kier molecular flexibility index (Phi) is 6.05. The summed E-state index contributed by atoms with van der Waals surface area (Å²) in [5.74, 6) is 0.0404. The molecule has 0 aromatic heterocycles. The van der Waals surface area contributed by atoms with Crippen LogP contribution in [-0.4, -0.2) is 18.5 Å². The van der Waals surface area contributed by atoms with Crippen molar-refractivity contribution in [3.8, 4) is 0 Å². The Morgan fingerprint density at radius 2 is 2.06 bits per heavy atom. The maximum Gasteiger partial charge on any atom is 0.239 e. The van der Waals surface area contributed by atoms with Crippen LogP contribution in [0.1, 0.15) is 26.7 Å². The minimum Gasteiger partial charge on any atom is -0.376 e. The van der Waals surface area contributed by atoms with E-state index in [0.717, 1.165) is 23.0 Å². The fraction of sp³-hybridized carbons (Fsp3) is 0.462. The molecule has 0 saturated carbocycles. The summed E-state index contributed by atoms with van der Waals surface area (Å²) in [6, 6.07) is 8.06. The third kappa shape index (κ3) is 5.22. The number of hydrogen-bond donors (Lipinski definition) is 2. The predicted octanol–water partition coefficient (Wildman–Crippen LogP) is 3.17. The third-order valence-corrected chi connectivity index (χ3v) is 3.12. The number of benzene rings is 1. The standard InChI is InChI=1S/C13H19BrN2O/c1-3-11(4-2)16-13(17)9-15-12-7-5-6-10(14)8-12/h5-8,11,15H,3-4,9H2,1-2H3,(H,16,17). The van der Waals surface area contributed by atoms with Gasteiger partial charge in [-0.05, 0) is 31.0 Å². The average Bonchev–Trinajstić information content (AvgIpc) is 2.33. The summed E-state index contributed by atoms with van der Waals surface area (Å²) in [4.78, 5) is 11.6. The Hall–Kier alpha value is -1.03. The molecule has 0 aliphatic carbocycles. The zero-order valence-electron chi connectivity index (χ0n) is 10.3. The van der Waals surface area contributed by atoms with Gasteiger partial charge in [0.15, 0.2) is 0 Å².